The van der Waals surface area contributed by atoms with Gasteiger partial charge in [0.2, 0.25) is 0 Å². The predicted molar refractivity (Wildman–Crippen MR) is 74.3 cm³/mol. The molecule has 0 unspecified atom stereocenters. The van der Waals surface area contributed by atoms with Gasteiger partial charge in [-0.25, -0.2) is 9.97 Å². The number of nitrogens with zero attached hydrogens (tertiary/aromatic N) is 5. The van der Waals surface area contributed by atoms with Crippen LogP contribution in [0.1, 0.15) is 5.56 Å². The molecule has 2 heterocycles. The van der Waals surface area contributed by atoms with Gasteiger partial charge in [0, 0.05) is 18.0 Å². The Kier molecular flexibility index (Phi) is 3.15. The molecule has 3 aromatic rings. The van der Waals surface area contributed by atoms with Crippen molar-refractivity contribution in [1.82, 2.24) is 19.7 Å². The maximum atomic E-state index is 9.29. The summed E-state index contributed by atoms with van der Waals surface area (Å²) in [6.07, 6.45) is 3.18. The molecule has 0 spiro atoms. The van der Waals surface area contributed by atoms with Gasteiger partial charge in [0.1, 0.15) is 17.3 Å². The molecule has 3 rings (SSSR count). The molecule has 0 aliphatic heterocycles. The van der Waals surface area contributed by atoms with Crippen LogP contribution in [0.3, 0.4) is 0 Å². The van der Waals surface area contributed by atoms with Gasteiger partial charge < -0.3 is 0 Å². The minimum Gasteiger partial charge on any atom is -0.220 e. The molecule has 0 radical (unpaired) electrons. The molecule has 0 saturated carbocycles. The minimum atomic E-state index is 0.206. The zero-order valence-corrected chi connectivity index (χ0v) is 11.0. The second-order valence-electron chi connectivity index (χ2n) is 3.95. The standard InChI is InChI=1S/C14H8ClN5/c15-13-11(9-16)12(10-5-2-1-3-6-10)19-20(13)14-17-7-4-8-18-14/h1-8H. The average Bonchev–Trinajstić information content (AvgIpc) is 2.86. The molecule has 20 heavy (non-hydrogen) atoms. The lowest BCUT2D eigenvalue weighted by atomic mass is 10.1. The van der Waals surface area contributed by atoms with E-state index in [1.807, 2.05) is 30.3 Å². The number of hydrogen-bond acceptors (Lipinski definition) is 4. The summed E-state index contributed by atoms with van der Waals surface area (Å²) >= 11 is 6.21. The molecule has 0 aliphatic carbocycles. The first kappa shape index (κ1) is 12.3. The van der Waals surface area contributed by atoms with Crippen molar-refractivity contribution in [3.8, 4) is 23.3 Å². The van der Waals surface area contributed by atoms with E-state index in [0.29, 0.717) is 17.2 Å². The van der Waals surface area contributed by atoms with Gasteiger partial charge in [-0.3, -0.25) is 0 Å². The summed E-state index contributed by atoms with van der Waals surface area (Å²) in [5.41, 5.74) is 1.65. The lowest BCUT2D eigenvalue weighted by Crippen LogP contribution is -2.02. The Hall–Kier alpha value is -2.71. The molecule has 2 aromatic heterocycles. The number of rotatable bonds is 2. The van der Waals surface area contributed by atoms with Gasteiger partial charge in [-0.05, 0) is 6.07 Å². The summed E-state index contributed by atoms with van der Waals surface area (Å²) in [6, 6.07) is 13.2. The lowest BCUT2D eigenvalue weighted by Gasteiger charge is -1.98. The van der Waals surface area contributed by atoms with Gasteiger partial charge in [0.15, 0.2) is 5.15 Å². The van der Waals surface area contributed by atoms with Crippen molar-refractivity contribution in [1.29, 1.82) is 5.26 Å². The molecule has 0 saturated heterocycles. The number of hydrogen-bond donors (Lipinski definition) is 0. The number of benzene rings is 1. The molecular weight excluding hydrogens is 274 g/mol. The molecule has 0 atom stereocenters. The first-order valence-corrected chi connectivity index (χ1v) is 6.20. The van der Waals surface area contributed by atoms with Crippen LogP contribution in [0.25, 0.3) is 17.2 Å². The fourth-order valence-corrected chi connectivity index (χ4v) is 2.07. The van der Waals surface area contributed by atoms with E-state index >= 15 is 0 Å². The van der Waals surface area contributed by atoms with Gasteiger partial charge >= 0.3 is 0 Å². The first-order chi connectivity index (χ1) is 9.81. The number of nitriles is 1. The summed E-state index contributed by atoms with van der Waals surface area (Å²) < 4.78 is 1.36. The van der Waals surface area contributed by atoms with Crippen molar-refractivity contribution in [2.45, 2.75) is 0 Å². The van der Waals surface area contributed by atoms with Gasteiger partial charge in [-0.2, -0.15) is 15.0 Å². The SMILES string of the molecule is N#Cc1c(-c2ccccc2)nn(-c2ncccn2)c1Cl. The molecule has 0 bridgehead atoms. The highest BCUT2D eigenvalue weighted by atomic mass is 35.5. The molecular formula is C14H8ClN5. The average molecular weight is 282 g/mol. The summed E-state index contributed by atoms with van der Waals surface area (Å²) in [5, 5.41) is 13.9. The van der Waals surface area contributed by atoms with Crippen LogP contribution in [0.15, 0.2) is 48.8 Å². The number of aromatic nitrogens is 4. The van der Waals surface area contributed by atoms with E-state index in [1.165, 1.54) is 4.68 Å². The monoisotopic (exact) mass is 281 g/mol. The zero-order valence-electron chi connectivity index (χ0n) is 10.2. The highest BCUT2D eigenvalue weighted by Gasteiger charge is 2.19. The Morgan fingerprint density at radius 3 is 2.40 bits per heavy atom. The van der Waals surface area contributed by atoms with E-state index in [1.54, 1.807) is 18.5 Å². The van der Waals surface area contributed by atoms with Gasteiger partial charge in [0.05, 0.1) is 0 Å². The normalized spacial score (nSPS) is 10.2. The van der Waals surface area contributed by atoms with Crippen molar-refractivity contribution in [3.63, 3.8) is 0 Å². The van der Waals surface area contributed by atoms with E-state index in [-0.39, 0.29) is 5.15 Å². The van der Waals surface area contributed by atoms with Gasteiger partial charge in [-0.1, -0.05) is 41.9 Å². The van der Waals surface area contributed by atoms with Crippen LogP contribution in [0.5, 0.6) is 0 Å². The summed E-state index contributed by atoms with van der Waals surface area (Å²) in [6.45, 7) is 0. The second-order valence-corrected chi connectivity index (χ2v) is 4.31. The van der Waals surface area contributed by atoms with Gasteiger partial charge in [-0.15, -0.1) is 0 Å². The van der Waals surface area contributed by atoms with Crippen molar-refractivity contribution in [2.24, 2.45) is 0 Å². The quantitative estimate of drug-likeness (QED) is 0.724. The second kappa shape index (κ2) is 5.11. The third-order valence-corrected chi connectivity index (χ3v) is 3.08. The number of halogens is 1. The predicted octanol–water partition coefficient (Wildman–Crippen LogP) is 2.85. The molecule has 5 nitrogen and oxygen atoms in total. The Bertz CT molecular complexity index is 775. The Labute approximate surface area is 120 Å². The summed E-state index contributed by atoms with van der Waals surface area (Å²) in [7, 11) is 0. The minimum absolute atomic E-state index is 0.206. The van der Waals surface area contributed by atoms with Crippen molar-refractivity contribution < 1.29 is 0 Å². The Morgan fingerprint density at radius 2 is 1.75 bits per heavy atom. The largest absolute Gasteiger partial charge is 0.251 e. The Morgan fingerprint density at radius 1 is 1.05 bits per heavy atom. The van der Waals surface area contributed by atoms with Crippen molar-refractivity contribution in [2.75, 3.05) is 0 Å². The van der Waals surface area contributed by atoms with Crippen LogP contribution in [0.4, 0.5) is 0 Å². The fraction of sp³-hybridized carbons (Fsp3) is 0. The molecule has 96 valence electrons. The van der Waals surface area contributed by atoms with Crippen LogP contribution < -0.4 is 0 Å². The van der Waals surface area contributed by atoms with E-state index in [0.717, 1.165) is 5.56 Å². The highest BCUT2D eigenvalue weighted by molar-refractivity contribution is 6.31. The molecule has 0 amide bonds. The van der Waals surface area contributed by atoms with Crippen molar-refractivity contribution in [3.05, 3.63) is 59.5 Å². The maximum absolute atomic E-state index is 9.29. The smallest absolute Gasteiger partial charge is 0.220 e. The third kappa shape index (κ3) is 2.02. The molecule has 0 N–H and O–H groups in total. The third-order valence-electron chi connectivity index (χ3n) is 2.73. The first-order valence-electron chi connectivity index (χ1n) is 5.82. The van der Waals surface area contributed by atoms with E-state index in [2.05, 4.69) is 21.1 Å². The lowest BCUT2D eigenvalue weighted by molar-refractivity contribution is 0.811. The molecule has 1 aromatic carbocycles. The fourth-order valence-electron chi connectivity index (χ4n) is 1.83. The Balaban J connectivity index is 2.22. The summed E-state index contributed by atoms with van der Waals surface area (Å²) in [5.74, 6) is 0.330. The van der Waals surface area contributed by atoms with Crippen LogP contribution in [-0.4, -0.2) is 19.7 Å². The van der Waals surface area contributed by atoms with E-state index in [9.17, 15) is 5.26 Å². The molecule has 0 fully saturated rings. The van der Waals surface area contributed by atoms with Gasteiger partial charge in [0.25, 0.3) is 5.95 Å². The van der Waals surface area contributed by atoms with E-state index < -0.39 is 0 Å². The molecule has 6 heteroatoms. The topological polar surface area (TPSA) is 67.4 Å². The van der Waals surface area contributed by atoms with Crippen LogP contribution in [-0.2, 0) is 0 Å². The summed E-state index contributed by atoms with van der Waals surface area (Å²) in [4.78, 5) is 8.18. The van der Waals surface area contributed by atoms with Crippen LogP contribution in [0, 0.1) is 11.3 Å². The van der Waals surface area contributed by atoms with Crippen LogP contribution in [0.2, 0.25) is 5.15 Å². The van der Waals surface area contributed by atoms with E-state index in [4.69, 9.17) is 11.6 Å². The molecule has 0 aliphatic rings. The zero-order chi connectivity index (χ0) is 13.9. The van der Waals surface area contributed by atoms with Crippen molar-refractivity contribution >= 4 is 11.6 Å². The highest BCUT2D eigenvalue weighted by Crippen LogP contribution is 2.28. The van der Waals surface area contributed by atoms with Crippen LogP contribution >= 0.6 is 11.6 Å². The maximum Gasteiger partial charge on any atom is 0.251 e.